The van der Waals surface area contributed by atoms with Crippen LogP contribution in [0, 0.1) is 0 Å². The Bertz CT molecular complexity index is 271. The van der Waals surface area contributed by atoms with Crippen molar-refractivity contribution < 1.29 is 9.53 Å². The molecule has 0 aromatic heterocycles. The molecule has 1 atom stereocenters. The van der Waals surface area contributed by atoms with Crippen LogP contribution in [0.1, 0.15) is 57.8 Å². The summed E-state index contributed by atoms with van der Waals surface area (Å²) in [6.45, 7) is 2.16. The maximum absolute atomic E-state index is 12.4. The Kier molecular flexibility index (Phi) is 6.11. The molecule has 2 rings (SSSR count). The van der Waals surface area contributed by atoms with Crippen LogP contribution in [0.5, 0.6) is 0 Å². The average Bonchev–Trinajstić information content (AvgIpc) is 2.96. The molecule has 1 amide bonds. The highest BCUT2D eigenvalue weighted by molar-refractivity contribution is 5.76. The van der Waals surface area contributed by atoms with Crippen molar-refractivity contribution >= 4 is 5.91 Å². The number of nitrogens with two attached hydrogens (primary N) is 1. The molecule has 1 aliphatic heterocycles. The predicted molar refractivity (Wildman–Crippen MR) is 75.8 cm³/mol. The lowest BCUT2D eigenvalue weighted by atomic mass is 9.93. The molecule has 4 heteroatoms. The third-order valence-corrected chi connectivity index (χ3v) is 4.41. The topological polar surface area (TPSA) is 55.6 Å². The van der Waals surface area contributed by atoms with Gasteiger partial charge in [-0.25, -0.2) is 0 Å². The summed E-state index contributed by atoms with van der Waals surface area (Å²) in [5.74, 6) is 0.285. The van der Waals surface area contributed by atoms with Crippen LogP contribution in [0.3, 0.4) is 0 Å². The number of carbonyl (C=O) groups is 1. The summed E-state index contributed by atoms with van der Waals surface area (Å²) in [7, 11) is 0. The number of hydrogen-bond donors (Lipinski definition) is 1. The lowest BCUT2D eigenvalue weighted by Crippen LogP contribution is -2.44. The number of rotatable bonds is 6. The van der Waals surface area contributed by atoms with Crippen molar-refractivity contribution in [1.29, 1.82) is 0 Å². The first-order chi connectivity index (χ1) is 9.31. The molecule has 110 valence electrons. The Morgan fingerprint density at radius 1 is 1.16 bits per heavy atom. The SMILES string of the molecule is NCCN(C(=O)CCC1CCCO1)C1CCCCC1. The van der Waals surface area contributed by atoms with E-state index in [4.69, 9.17) is 10.5 Å². The number of ether oxygens (including phenoxy) is 1. The Labute approximate surface area is 116 Å². The van der Waals surface area contributed by atoms with E-state index in [1.807, 2.05) is 4.90 Å². The average molecular weight is 268 g/mol. The number of hydrogen-bond acceptors (Lipinski definition) is 3. The summed E-state index contributed by atoms with van der Waals surface area (Å²) < 4.78 is 5.59. The van der Waals surface area contributed by atoms with Crippen molar-refractivity contribution in [2.24, 2.45) is 5.73 Å². The largest absolute Gasteiger partial charge is 0.378 e. The standard InChI is InChI=1S/C15H28N2O2/c16-10-11-17(13-5-2-1-3-6-13)15(18)9-8-14-7-4-12-19-14/h13-14H,1-12,16H2. The molecule has 1 unspecified atom stereocenters. The van der Waals surface area contributed by atoms with E-state index >= 15 is 0 Å². The van der Waals surface area contributed by atoms with Crippen molar-refractivity contribution in [3.8, 4) is 0 Å². The molecule has 0 bridgehead atoms. The highest BCUT2D eigenvalue weighted by atomic mass is 16.5. The van der Waals surface area contributed by atoms with Gasteiger partial charge in [-0.05, 0) is 32.1 Å². The molecule has 0 aromatic rings. The number of carbonyl (C=O) groups excluding carboxylic acids is 1. The van der Waals surface area contributed by atoms with Gasteiger partial charge in [0.15, 0.2) is 0 Å². The molecule has 2 aliphatic rings. The van der Waals surface area contributed by atoms with Gasteiger partial charge in [0.2, 0.25) is 5.91 Å². The lowest BCUT2D eigenvalue weighted by Gasteiger charge is -2.34. The second kappa shape index (κ2) is 7.85. The molecule has 2 N–H and O–H groups in total. The van der Waals surface area contributed by atoms with Crippen LogP contribution in [0.2, 0.25) is 0 Å². The minimum atomic E-state index is 0.285. The van der Waals surface area contributed by atoms with Crippen molar-refractivity contribution in [3.63, 3.8) is 0 Å². The highest BCUT2D eigenvalue weighted by Crippen LogP contribution is 2.24. The van der Waals surface area contributed by atoms with E-state index in [-0.39, 0.29) is 5.91 Å². The van der Waals surface area contributed by atoms with E-state index in [2.05, 4.69) is 0 Å². The molecular weight excluding hydrogens is 240 g/mol. The third kappa shape index (κ3) is 4.46. The summed E-state index contributed by atoms with van der Waals surface area (Å²) in [5.41, 5.74) is 5.67. The van der Waals surface area contributed by atoms with Crippen LogP contribution in [0.4, 0.5) is 0 Å². The van der Waals surface area contributed by atoms with E-state index in [1.165, 1.54) is 19.3 Å². The van der Waals surface area contributed by atoms with E-state index < -0.39 is 0 Å². The summed E-state index contributed by atoms with van der Waals surface area (Å²) in [5, 5.41) is 0. The van der Waals surface area contributed by atoms with Crippen LogP contribution in [-0.2, 0) is 9.53 Å². The van der Waals surface area contributed by atoms with Gasteiger partial charge >= 0.3 is 0 Å². The summed E-state index contributed by atoms with van der Waals surface area (Å²) >= 11 is 0. The van der Waals surface area contributed by atoms with Gasteiger partial charge in [-0.2, -0.15) is 0 Å². The van der Waals surface area contributed by atoms with Crippen molar-refractivity contribution in [2.45, 2.75) is 69.9 Å². The summed E-state index contributed by atoms with van der Waals surface area (Å²) in [6, 6.07) is 0.439. The maximum Gasteiger partial charge on any atom is 0.222 e. The Morgan fingerprint density at radius 2 is 1.95 bits per heavy atom. The van der Waals surface area contributed by atoms with Gasteiger partial charge in [0.1, 0.15) is 0 Å². The van der Waals surface area contributed by atoms with Crippen LogP contribution in [-0.4, -0.2) is 42.6 Å². The number of nitrogens with zero attached hydrogens (tertiary/aromatic N) is 1. The second-order valence-electron chi connectivity index (χ2n) is 5.84. The van der Waals surface area contributed by atoms with Crippen LogP contribution >= 0.6 is 0 Å². The first-order valence-electron chi connectivity index (χ1n) is 7.92. The van der Waals surface area contributed by atoms with Gasteiger partial charge in [-0.1, -0.05) is 19.3 Å². The molecule has 0 radical (unpaired) electrons. The molecule has 0 aromatic carbocycles. The first kappa shape index (κ1) is 14.8. The lowest BCUT2D eigenvalue weighted by molar-refractivity contribution is -0.134. The smallest absolute Gasteiger partial charge is 0.222 e. The van der Waals surface area contributed by atoms with Gasteiger partial charge < -0.3 is 15.4 Å². The molecule has 0 spiro atoms. The summed E-state index contributed by atoms with van der Waals surface area (Å²) in [4.78, 5) is 14.5. The van der Waals surface area contributed by atoms with Gasteiger partial charge in [0.25, 0.3) is 0 Å². The Balaban J connectivity index is 1.80. The molecule has 4 nitrogen and oxygen atoms in total. The van der Waals surface area contributed by atoms with Gasteiger partial charge in [-0.15, -0.1) is 0 Å². The van der Waals surface area contributed by atoms with Crippen molar-refractivity contribution in [3.05, 3.63) is 0 Å². The first-order valence-corrected chi connectivity index (χ1v) is 7.92. The minimum Gasteiger partial charge on any atom is -0.378 e. The summed E-state index contributed by atoms with van der Waals surface area (Å²) in [6.07, 6.45) is 10.2. The highest BCUT2D eigenvalue weighted by Gasteiger charge is 2.25. The fourth-order valence-corrected chi connectivity index (χ4v) is 3.34. The van der Waals surface area contributed by atoms with Gasteiger partial charge in [-0.3, -0.25) is 4.79 Å². The molecular formula is C15H28N2O2. The zero-order valence-corrected chi connectivity index (χ0v) is 12.0. The minimum absolute atomic E-state index is 0.285. The normalized spacial score (nSPS) is 24.6. The fraction of sp³-hybridized carbons (Fsp3) is 0.933. The van der Waals surface area contributed by atoms with E-state index in [9.17, 15) is 4.79 Å². The quantitative estimate of drug-likeness (QED) is 0.802. The monoisotopic (exact) mass is 268 g/mol. The second-order valence-corrected chi connectivity index (χ2v) is 5.84. The van der Waals surface area contributed by atoms with E-state index in [0.29, 0.717) is 25.1 Å². The van der Waals surface area contributed by atoms with Crippen molar-refractivity contribution in [1.82, 2.24) is 4.90 Å². The maximum atomic E-state index is 12.4. The fourth-order valence-electron chi connectivity index (χ4n) is 3.34. The molecule has 1 aliphatic carbocycles. The molecule has 19 heavy (non-hydrogen) atoms. The van der Waals surface area contributed by atoms with E-state index in [0.717, 1.165) is 45.3 Å². The van der Waals surface area contributed by atoms with Gasteiger partial charge in [0, 0.05) is 32.2 Å². The molecule has 1 saturated heterocycles. The molecule has 1 heterocycles. The van der Waals surface area contributed by atoms with Gasteiger partial charge in [0.05, 0.1) is 6.10 Å². The van der Waals surface area contributed by atoms with Crippen LogP contribution in [0.25, 0.3) is 0 Å². The zero-order chi connectivity index (χ0) is 13.5. The third-order valence-electron chi connectivity index (χ3n) is 4.41. The van der Waals surface area contributed by atoms with Crippen molar-refractivity contribution in [2.75, 3.05) is 19.7 Å². The number of amides is 1. The van der Waals surface area contributed by atoms with E-state index in [1.54, 1.807) is 0 Å². The van der Waals surface area contributed by atoms with Crippen LogP contribution < -0.4 is 5.73 Å². The molecule has 2 fully saturated rings. The van der Waals surface area contributed by atoms with Crippen LogP contribution in [0.15, 0.2) is 0 Å². The Morgan fingerprint density at radius 3 is 2.58 bits per heavy atom. The predicted octanol–water partition coefficient (Wildman–Crippen LogP) is 2.07. The zero-order valence-electron chi connectivity index (χ0n) is 12.0. The molecule has 1 saturated carbocycles. The Hall–Kier alpha value is -0.610.